The first-order valence-electron chi connectivity index (χ1n) is 8.03. The molecule has 11 heteroatoms. The number of nitriles is 2. The highest BCUT2D eigenvalue weighted by molar-refractivity contribution is 7.79. The highest BCUT2D eigenvalue weighted by Gasteiger charge is 2.36. The Morgan fingerprint density at radius 2 is 1.62 bits per heavy atom. The summed E-state index contributed by atoms with van der Waals surface area (Å²) in [4.78, 5) is 19.6. The van der Waals surface area contributed by atoms with Gasteiger partial charge in [0.15, 0.2) is 0 Å². The molecule has 3 atom stereocenters. The Balaban J connectivity index is 0.000000370. The average molecular weight is 424 g/mol. The average Bonchev–Trinajstić information content (AvgIpc) is 3.24. The summed E-state index contributed by atoms with van der Waals surface area (Å²) < 4.78 is 40.9. The second kappa shape index (κ2) is 13.1. The first-order valence-corrected chi connectivity index (χ1v) is 9.43. The Bertz CT molecular complexity index is 865. The minimum absolute atomic E-state index is 0.111. The van der Waals surface area contributed by atoms with Crippen LogP contribution in [0, 0.1) is 28.6 Å². The van der Waals surface area contributed by atoms with Crippen LogP contribution in [-0.2, 0) is 29.5 Å². The Hall–Kier alpha value is -3.09. The van der Waals surface area contributed by atoms with E-state index in [1.807, 2.05) is 36.4 Å². The van der Waals surface area contributed by atoms with Crippen LogP contribution in [0.5, 0.6) is 0 Å². The molecule has 1 saturated heterocycles. The number of rotatable bonds is 0. The van der Waals surface area contributed by atoms with Crippen LogP contribution in [0.4, 0.5) is 0 Å². The third-order valence-electron chi connectivity index (χ3n) is 3.09. The first kappa shape index (κ1) is 25.9. The van der Waals surface area contributed by atoms with E-state index in [1.165, 1.54) is 13.8 Å². The molecule has 1 unspecified atom stereocenters. The summed E-state index contributed by atoms with van der Waals surface area (Å²) in [5, 5.41) is 16.8. The van der Waals surface area contributed by atoms with Crippen LogP contribution in [0.2, 0.25) is 0 Å². The molecule has 0 spiro atoms. The van der Waals surface area contributed by atoms with Crippen LogP contribution in [0.15, 0.2) is 42.5 Å². The molecule has 1 aromatic rings. The number of carbonyl (C=O) groups is 2. The predicted molar refractivity (Wildman–Crippen MR) is 99.3 cm³/mol. The van der Waals surface area contributed by atoms with Crippen LogP contribution < -0.4 is 0 Å². The molecule has 0 aromatic heterocycles. The molecule has 2 aliphatic heterocycles. The molecule has 0 saturated carbocycles. The van der Waals surface area contributed by atoms with E-state index >= 15 is 0 Å². The molecule has 2 heterocycles. The lowest BCUT2D eigenvalue weighted by Crippen LogP contribution is -2.09. The lowest BCUT2D eigenvalue weighted by Gasteiger charge is -2.03. The van der Waals surface area contributed by atoms with Crippen molar-refractivity contribution in [3.05, 3.63) is 48.0 Å². The third-order valence-corrected chi connectivity index (χ3v) is 3.09. The van der Waals surface area contributed by atoms with Crippen LogP contribution in [0.1, 0.15) is 25.8 Å². The van der Waals surface area contributed by atoms with Crippen LogP contribution in [-0.4, -0.2) is 41.7 Å². The quantitative estimate of drug-likeness (QED) is 0.270. The fourth-order valence-electron chi connectivity index (χ4n) is 2.11. The predicted octanol–water partition coefficient (Wildman–Crippen LogP) is 1.85. The minimum Gasteiger partial charge on any atom is -0.394 e. The first-order chi connectivity index (χ1) is 13.5. The van der Waals surface area contributed by atoms with Gasteiger partial charge in [0, 0.05) is 13.8 Å². The van der Waals surface area contributed by atoms with Gasteiger partial charge in [0.25, 0.3) is 0 Å². The van der Waals surface area contributed by atoms with Gasteiger partial charge in [-0.1, -0.05) is 30.4 Å². The molecule has 3 rings (SSSR count). The fourth-order valence-corrected chi connectivity index (χ4v) is 2.11. The molecule has 2 bridgehead atoms. The summed E-state index contributed by atoms with van der Waals surface area (Å²) in [6.07, 6.45) is 5.29. The molecule has 0 amide bonds. The van der Waals surface area contributed by atoms with Crippen LogP contribution in [0.25, 0.3) is 0 Å². The number of esters is 2. The summed E-state index contributed by atoms with van der Waals surface area (Å²) >= 11 is 0. The van der Waals surface area contributed by atoms with Crippen molar-refractivity contribution in [2.75, 3.05) is 0 Å². The van der Waals surface area contributed by atoms with E-state index in [0.29, 0.717) is 5.56 Å². The van der Waals surface area contributed by atoms with E-state index in [9.17, 15) is 9.59 Å². The Morgan fingerprint density at radius 3 is 1.83 bits per heavy atom. The number of ether oxygens (including phenoxy) is 2. The van der Waals surface area contributed by atoms with Crippen molar-refractivity contribution in [2.24, 2.45) is 5.92 Å². The fraction of sp³-hybridized carbons (Fsp3) is 0.333. The number of benzene rings is 1. The van der Waals surface area contributed by atoms with E-state index in [-0.39, 0.29) is 18.1 Å². The molecule has 156 valence electrons. The Kier molecular flexibility index (Phi) is 11.7. The van der Waals surface area contributed by atoms with E-state index < -0.39 is 22.3 Å². The van der Waals surface area contributed by atoms with Crippen molar-refractivity contribution in [1.29, 1.82) is 10.5 Å². The zero-order chi connectivity index (χ0) is 22.4. The zero-order valence-electron chi connectivity index (χ0n) is 15.6. The van der Waals surface area contributed by atoms with Gasteiger partial charge >= 0.3 is 22.3 Å². The van der Waals surface area contributed by atoms with Gasteiger partial charge in [-0.3, -0.25) is 18.7 Å². The topological polar surface area (TPSA) is 175 Å². The SMILES string of the molecule is CC(=O)OC(C)=O.N#CC1C[C@@H]2C=C[C@H]1O2.N#Cc1ccccc1.O=S(=O)(O)O. The van der Waals surface area contributed by atoms with Crippen molar-refractivity contribution in [3.8, 4) is 12.1 Å². The van der Waals surface area contributed by atoms with Crippen LogP contribution >= 0.6 is 0 Å². The second-order valence-electron chi connectivity index (χ2n) is 5.51. The molecule has 29 heavy (non-hydrogen) atoms. The van der Waals surface area contributed by atoms with Crippen LogP contribution in [0.3, 0.4) is 0 Å². The van der Waals surface area contributed by atoms with Crippen molar-refractivity contribution in [2.45, 2.75) is 32.5 Å². The number of hydrogen-bond donors (Lipinski definition) is 2. The molecular formula is C18H20N2O8S. The van der Waals surface area contributed by atoms with Gasteiger partial charge in [0.1, 0.15) is 0 Å². The molecular weight excluding hydrogens is 404 g/mol. The normalized spacial score (nSPS) is 20.1. The molecule has 0 radical (unpaired) electrons. The highest BCUT2D eigenvalue weighted by atomic mass is 32.3. The smallest absolute Gasteiger partial charge is 0.394 e. The third kappa shape index (κ3) is 14.6. The largest absolute Gasteiger partial charge is 0.394 e. The monoisotopic (exact) mass is 424 g/mol. The Labute approximate surface area is 168 Å². The molecule has 0 aliphatic carbocycles. The summed E-state index contributed by atoms with van der Waals surface area (Å²) in [6, 6.07) is 13.4. The lowest BCUT2D eigenvalue weighted by atomic mass is 9.96. The molecule has 2 N–H and O–H groups in total. The summed E-state index contributed by atoms with van der Waals surface area (Å²) in [7, 11) is -4.67. The van der Waals surface area contributed by atoms with Crippen molar-refractivity contribution in [3.63, 3.8) is 0 Å². The lowest BCUT2D eigenvalue weighted by molar-refractivity contribution is -0.156. The standard InChI is InChI=1S/C7H7NO.C7H5N.C4H6O3.H2O4S/c8-4-5-3-6-1-2-7(5)9-6;8-6-7-4-2-1-3-5-7;1-3(5)7-4(2)6;1-5(2,3)4/h1-2,5-7H,3H2;1-5H;1-2H3;(H2,1,2,3,4)/t5?,6-,7+;;;/m0.../s1. The van der Waals surface area contributed by atoms with E-state index in [0.717, 1.165) is 6.42 Å². The van der Waals surface area contributed by atoms with E-state index in [4.69, 9.17) is 32.8 Å². The van der Waals surface area contributed by atoms with Gasteiger partial charge in [0.2, 0.25) is 0 Å². The highest BCUT2D eigenvalue weighted by Crippen LogP contribution is 2.32. The molecule has 2 aliphatic rings. The van der Waals surface area contributed by atoms with E-state index in [2.05, 4.69) is 10.8 Å². The maximum absolute atomic E-state index is 9.81. The number of fused-ring (bicyclic) bond motifs is 2. The van der Waals surface area contributed by atoms with Gasteiger partial charge in [-0.25, -0.2) is 0 Å². The maximum Gasteiger partial charge on any atom is 0.394 e. The summed E-state index contributed by atoms with van der Waals surface area (Å²) in [6.45, 7) is 2.36. The molecule has 1 aromatic carbocycles. The molecule has 1 fully saturated rings. The molecule has 10 nitrogen and oxygen atoms in total. The zero-order valence-corrected chi connectivity index (χ0v) is 16.4. The summed E-state index contributed by atoms with van der Waals surface area (Å²) in [5.74, 6) is -1.000. The van der Waals surface area contributed by atoms with Gasteiger partial charge in [-0.2, -0.15) is 18.9 Å². The van der Waals surface area contributed by atoms with Gasteiger partial charge < -0.3 is 9.47 Å². The van der Waals surface area contributed by atoms with Gasteiger partial charge in [-0.05, 0) is 18.6 Å². The number of nitrogens with zero attached hydrogens (tertiary/aromatic N) is 2. The van der Waals surface area contributed by atoms with Gasteiger partial charge in [0.05, 0.1) is 35.8 Å². The summed E-state index contributed by atoms with van der Waals surface area (Å²) in [5.41, 5.74) is 0.715. The van der Waals surface area contributed by atoms with Crippen molar-refractivity contribution >= 4 is 22.3 Å². The maximum atomic E-state index is 9.81. The number of hydrogen-bond acceptors (Lipinski definition) is 8. The van der Waals surface area contributed by atoms with Gasteiger partial charge in [-0.15, -0.1) is 0 Å². The number of carbonyl (C=O) groups excluding carboxylic acids is 2. The Morgan fingerprint density at radius 1 is 1.10 bits per heavy atom. The van der Waals surface area contributed by atoms with Crippen molar-refractivity contribution < 1.29 is 36.6 Å². The second-order valence-corrected chi connectivity index (χ2v) is 6.40. The van der Waals surface area contributed by atoms with Crippen molar-refractivity contribution in [1.82, 2.24) is 0 Å². The minimum atomic E-state index is -4.67. The van der Waals surface area contributed by atoms with E-state index in [1.54, 1.807) is 12.1 Å².